The number of pyridine rings is 1. The highest BCUT2D eigenvalue weighted by Crippen LogP contribution is 2.35. The molecule has 1 fully saturated rings. The fourth-order valence-electron chi connectivity index (χ4n) is 3.79. The molecule has 0 aliphatic carbocycles. The third-order valence-corrected chi connectivity index (χ3v) is 7.61. The summed E-state index contributed by atoms with van der Waals surface area (Å²) in [5, 5.41) is 3.10. The van der Waals surface area contributed by atoms with Crippen LogP contribution in [0.4, 0.5) is 5.69 Å². The number of nitrogens with zero attached hydrogens (tertiary/aromatic N) is 2. The van der Waals surface area contributed by atoms with Gasteiger partial charge in [-0.2, -0.15) is 4.31 Å². The molecule has 3 aromatic rings. The molecular weight excluding hydrogens is 434 g/mol. The van der Waals surface area contributed by atoms with E-state index in [0.29, 0.717) is 22.8 Å². The van der Waals surface area contributed by atoms with Crippen LogP contribution in [0.2, 0.25) is 5.02 Å². The Kier molecular flexibility index (Phi) is 6.36. The first-order valence-corrected chi connectivity index (χ1v) is 11.9. The van der Waals surface area contributed by atoms with Gasteiger partial charge in [-0.05, 0) is 60.9 Å². The Hall–Kier alpha value is -2.74. The van der Waals surface area contributed by atoms with Crippen molar-refractivity contribution < 1.29 is 13.2 Å². The molecule has 2 aromatic carbocycles. The van der Waals surface area contributed by atoms with Crippen LogP contribution in [0.3, 0.4) is 0 Å². The van der Waals surface area contributed by atoms with Crippen molar-refractivity contribution in [2.75, 3.05) is 11.9 Å². The Labute approximate surface area is 186 Å². The molecule has 8 heteroatoms. The standard InChI is InChI=1S/C23H22ClN3O3S/c24-21-8-2-1-7-20(21)23(28)26-18-10-12-19(13-11-18)31(29,30)27-15-4-3-9-22(27)17-6-5-14-25-16-17/h1-2,5-8,10-14,16,22H,3-4,9,15H2,(H,26,28). The molecule has 2 heterocycles. The average molecular weight is 456 g/mol. The molecule has 160 valence electrons. The second kappa shape index (κ2) is 9.18. The van der Waals surface area contributed by atoms with Crippen LogP contribution < -0.4 is 5.32 Å². The van der Waals surface area contributed by atoms with Gasteiger partial charge in [-0.3, -0.25) is 9.78 Å². The molecule has 6 nitrogen and oxygen atoms in total. The second-order valence-electron chi connectivity index (χ2n) is 7.37. The minimum absolute atomic E-state index is 0.194. The van der Waals surface area contributed by atoms with Gasteiger partial charge in [-0.15, -0.1) is 0 Å². The van der Waals surface area contributed by atoms with Crippen molar-refractivity contribution in [2.45, 2.75) is 30.2 Å². The number of carbonyl (C=O) groups is 1. The van der Waals surface area contributed by atoms with Crippen molar-refractivity contribution in [1.29, 1.82) is 0 Å². The third kappa shape index (κ3) is 4.63. The summed E-state index contributed by atoms with van der Waals surface area (Å²) in [7, 11) is -3.69. The zero-order valence-electron chi connectivity index (χ0n) is 16.7. The first-order chi connectivity index (χ1) is 15.0. The van der Waals surface area contributed by atoms with Crippen LogP contribution in [0.5, 0.6) is 0 Å². The van der Waals surface area contributed by atoms with E-state index in [0.717, 1.165) is 24.8 Å². The fourth-order valence-corrected chi connectivity index (χ4v) is 5.69. The summed E-state index contributed by atoms with van der Waals surface area (Å²) in [4.78, 5) is 16.8. The van der Waals surface area contributed by atoms with Crippen molar-refractivity contribution in [2.24, 2.45) is 0 Å². The van der Waals surface area contributed by atoms with E-state index in [4.69, 9.17) is 11.6 Å². The lowest BCUT2D eigenvalue weighted by Crippen LogP contribution is -2.38. The number of sulfonamides is 1. The molecule has 1 aliphatic rings. The maximum atomic E-state index is 13.4. The smallest absolute Gasteiger partial charge is 0.257 e. The van der Waals surface area contributed by atoms with Gasteiger partial charge in [0.25, 0.3) is 5.91 Å². The monoisotopic (exact) mass is 455 g/mol. The number of benzene rings is 2. The zero-order chi connectivity index (χ0) is 21.8. The fraction of sp³-hybridized carbons (Fsp3) is 0.217. The Morgan fingerprint density at radius 1 is 1.03 bits per heavy atom. The first kappa shape index (κ1) is 21.5. The molecule has 4 rings (SSSR count). The van der Waals surface area contributed by atoms with Crippen LogP contribution in [0, 0.1) is 0 Å². The summed E-state index contributed by atoms with van der Waals surface area (Å²) in [6, 6.07) is 16.5. The summed E-state index contributed by atoms with van der Waals surface area (Å²) in [6.45, 7) is 0.465. The molecular formula is C23H22ClN3O3S. The van der Waals surface area contributed by atoms with Gasteiger partial charge in [0.05, 0.1) is 21.5 Å². The predicted octanol–water partition coefficient (Wildman–Crippen LogP) is 4.90. The van der Waals surface area contributed by atoms with Crippen molar-refractivity contribution in [3.8, 4) is 0 Å². The van der Waals surface area contributed by atoms with Gasteiger partial charge in [0, 0.05) is 24.6 Å². The minimum Gasteiger partial charge on any atom is -0.322 e. The van der Waals surface area contributed by atoms with Gasteiger partial charge in [-0.1, -0.05) is 36.2 Å². The molecule has 1 amide bonds. The second-order valence-corrected chi connectivity index (χ2v) is 9.67. The van der Waals surface area contributed by atoms with Gasteiger partial charge in [0.15, 0.2) is 0 Å². The van der Waals surface area contributed by atoms with Crippen LogP contribution in [-0.2, 0) is 10.0 Å². The van der Waals surface area contributed by atoms with E-state index >= 15 is 0 Å². The van der Waals surface area contributed by atoms with Crippen molar-refractivity contribution in [1.82, 2.24) is 9.29 Å². The van der Waals surface area contributed by atoms with E-state index in [-0.39, 0.29) is 16.8 Å². The van der Waals surface area contributed by atoms with E-state index in [1.54, 1.807) is 53.1 Å². The Morgan fingerprint density at radius 3 is 2.52 bits per heavy atom. The first-order valence-electron chi connectivity index (χ1n) is 10.0. The number of amides is 1. The number of piperidine rings is 1. The number of nitrogens with one attached hydrogen (secondary N) is 1. The molecule has 0 radical (unpaired) electrons. The summed E-state index contributed by atoms with van der Waals surface area (Å²) in [6.07, 6.45) is 5.96. The number of hydrogen-bond acceptors (Lipinski definition) is 4. The summed E-state index contributed by atoms with van der Waals surface area (Å²) < 4.78 is 28.3. The molecule has 1 aliphatic heterocycles. The van der Waals surface area contributed by atoms with Crippen LogP contribution >= 0.6 is 11.6 Å². The number of carbonyl (C=O) groups excluding carboxylic acids is 1. The lowest BCUT2D eigenvalue weighted by Gasteiger charge is -2.34. The molecule has 1 atom stereocenters. The predicted molar refractivity (Wildman–Crippen MR) is 121 cm³/mol. The lowest BCUT2D eigenvalue weighted by atomic mass is 9.99. The van der Waals surface area contributed by atoms with E-state index in [1.807, 2.05) is 12.1 Å². The Bertz CT molecular complexity index is 1170. The maximum absolute atomic E-state index is 13.4. The van der Waals surface area contributed by atoms with Gasteiger partial charge < -0.3 is 5.32 Å². The van der Waals surface area contributed by atoms with Gasteiger partial charge in [0.2, 0.25) is 10.0 Å². The number of anilines is 1. The zero-order valence-corrected chi connectivity index (χ0v) is 18.3. The molecule has 1 unspecified atom stereocenters. The minimum atomic E-state index is -3.69. The van der Waals surface area contributed by atoms with E-state index in [1.165, 1.54) is 12.1 Å². The quantitative estimate of drug-likeness (QED) is 0.593. The molecule has 0 bridgehead atoms. The number of hydrogen-bond donors (Lipinski definition) is 1. The van der Waals surface area contributed by atoms with Crippen molar-refractivity contribution in [3.05, 3.63) is 89.2 Å². The topological polar surface area (TPSA) is 79.4 Å². The lowest BCUT2D eigenvalue weighted by molar-refractivity contribution is 0.102. The number of halogens is 1. The number of aromatic nitrogens is 1. The van der Waals surface area contributed by atoms with Crippen LogP contribution in [0.15, 0.2) is 78.0 Å². The van der Waals surface area contributed by atoms with E-state index < -0.39 is 10.0 Å². The molecule has 0 spiro atoms. The molecule has 0 saturated carbocycles. The molecule has 1 N–H and O–H groups in total. The largest absolute Gasteiger partial charge is 0.322 e. The maximum Gasteiger partial charge on any atom is 0.257 e. The molecule has 1 aromatic heterocycles. The van der Waals surface area contributed by atoms with Crippen LogP contribution in [0.25, 0.3) is 0 Å². The number of rotatable bonds is 5. The summed E-state index contributed by atoms with van der Waals surface area (Å²) in [5.74, 6) is -0.353. The van der Waals surface area contributed by atoms with Gasteiger partial charge in [-0.25, -0.2) is 8.42 Å². The van der Waals surface area contributed by atoms with Crippen LogP contribution in [0.1, 0.15) is 41.2 Å². The van der Waals surface area contributed by atoms with Crippen molar-refractivity contribution >= 4 is 33.2 Å². The van der Waals surface area contributed by atoms with Gasteiger partial charge in [0.1, 0.15) is 0 Å². The Balaban J connectivity index is 1.55. The van der Waals surface area contributed by atoms with Crippen LogP contribution in [-0.4, -0.2) is 30.2 Å². The SMILES string of the molecule is O=C(Nc1ccc(S(=O)(=O)N2CCCCC2c2cccnc2)cc1)c1ccccc1Cl. The average Bonchev–Trinajstić information content (AvgIpc) is 2.80. The van der Waals surface area contributed by atoms with Gasteiger partial charge >= 0.3 is 0 Å². The molecule has 31 heavy (non-hydrogen) atoms. The van der Waals surface area contributed by atoms with E-state index in [9.17, 15) is 13.2 Å². The summed E-state index contributed by atoms with van der Waals surface area (Å²) >= 11 is 6.07. The van der Waals surface area contributed by atoms with Crippen molar-refractivity contribution in [3.63, 3.8) is 0 Å². The third-order valence-electron chi connectivity index (χ3n) is 5.36. The highest BCUT2D eigenvalue weighted by atomic mass is 35.5. The summed E-state index contributed by atoms with van der Waals surface area (Å²) in [5.41, 5.74) is 1.74. The highest BCUT2D eigenvalue weighted by molar-refractivity contribution is 7.89. The normalized spacial score (nSPS) is 17.3. The highest BCUT2D eigenvalue weighted by Gasteiger charge is 2.34. The Morgan fingerprint density at radius 2 is 1.81 bits per heavy atom. The molecule has 1 saturated heterocycles. The van der Waals surface area contributed by atoms with E-state index in [2.05, 4.69) is 10.3 Å².